The number of ether oxygens (including phenoxy) is 1. The molecule has 0 saturated carbocycles. The van der Waals surface area contributed by atoms with Crippen molar-refractivity contribution < 1.29 is 9.53 Å². The molecule has 0 saturated heterocycles. The Balaban J connectivity index is 1.66. The maximum Gasteiger partial charge on any atom is 0.248 e. The number of aromatic nitrogens is 4. The SMILES string of the molecule is COc1ccc(NC(=O)Cn2nnc(-c3ccccc3)n2)c(Cl)c1. The third-order valence-electron chi connectivity index (χ3n) is 3.22. The molecular weight excluding hydrogens is 330 g/mol. The Kier molecular flexibility index (Phi) is 4.72. The summed E-state index contributed by atoms with van der Waals surface area (Å²) in [4.78, 5) is 13.3. The zero-order chi connectivity index (χ0) is 16.9. The maximum absolute atomic E-state index is 12.1. The highest BCUT2D eigenvalue weighted by Crippen LogP contribution is 2.26. The normalized spacial score (nSPS) is 10.4. The topological polar surface area (TPSA) is 81.9 Å². The van der Waals surface area contributed by atoms with Gasteiger partial charge in [0.2, 0.25) is 11.7 Å². The van der Waals surface area contributed by atoms with Crippen molar-refractivity contribution >= 4 is 23.2 Å². The first kappa shape index (κ1) is 15.9. The van der Waals surface area contributed by atoms with E-state index in [9.17, 15) is 4.79 Å². The predicted octanol–water partition coefficient (Wildman–Crippen LogP) is 2.64. The van der Waals surface area contributed by atoms with Crippen molar-refractivity contribution in [3.63, 3.8) is 0 Å². The molecule has 3 aromatic rings. The highest BCUT2D eigenvalue weighted by atomic mass is 35.5. The molecule has 24 heavy (non-hydrogen) atoms. The van der Waals surface area contributed by atoms with Crippen LogP contribution in [-0.4, -0.2) is 33.2 Å². The number of benzene rings is 2. The molecule has 1 N–H and O–H groups in total. The zero-order valence-corrected chi connectivity index (χ0v) is 13.6. The highest BCUT2D eigenvalue weighted by molar-refractivity contribution is 6.33. The fourth-order valence-corrected chi connectivity index (χ4v) is 2.27. The predicted molar refractivity (Wildman–Crippen MR) is 89.9 cm³/mol. The Morgan fingerprint density at radius 1 is 1.25 bits per heavy atom. The van der Waals surface area contributed by atoms with E-state index in [4.69, 9.17) is 16.3 Å². The Bertz CT molecular complexity index is 851. The van der Waals surface area contributed by atoms with Crippen molar-refractivity contribution in [3.8, 4) is 17.1 Å². The van der Waals surface area contributed by atoms with E-state index in [1.165, 1.54) is 4.80 Å². The molecule has 8 heteroatoms. The molecule has 1 heterocycles. The lowest BCUT2D eigenvalue weighted by Crippen LogP contribution is -2.20. The van der Waals surface area contributed by atoms with Crippen LogP contribution in [0.25, 0.3) is 11.4 Å². The number of nitrogens with one attached hydrogen (secondary N) is 1. The van der Waals surface area contributed by atoms with E-state index in [1.54, 1.807) is 25.3 Å². The van der Waals surface area contributed by atoms with Crippen LogP contribution in [0.1, 0.15) is 0 Å². The number of methoxy groups -OCH3 is 1. The van der Waals surface area contributed by atoms with Gasteiger partial charge in [-0.25, -0.2) is 0 Å². The van der Waals surface area contributed by atoms with E-state index in [0.29, 0.717) is 22.3 Å². The number of rotatable bonds is 5. The van der Waals surface area contributed by atoms with Gasteiger partial charge in [-0.05, 0) is 17.3 Å². The van der Waals surface area contributed by atoms with Crippen LogP contribution in [0, 0.1) is 0 Å². The molecule has 2 aromatic carbocycles. The van der Waals surface area contributed by atoms with Gasteiger partial charge < -0.3 is 10.1 Å². The van der Waals surface area contributed by atoms with E-state index in [0.717, 1.165) is 5.56 Å². The van der Waals surface area contributed by atoms with Crippen LogP contribution in [0.3, 0.4) is 0 Å². The minimum atomic E-state index is -0.306. The maximum atomic E-state index is 12.1. The molecule has 0 aliphatic carbocycles. The first-order chi connectivity index (χ1) is 11.7. The molecule has 0 radical (unpaired) electrons. The summed E-state index contributed by atoms with van der Waals surface area (Å²) in [5.41, 5.74) is 1.33. The summed E-state index contributed by atoms with van der Waals surface area (Å²) in [5.74, 6) is 0.772. The van der Waals surface area contributed by atoms with E-state index in [1.807, 2.05) is 30.3 Å². The van der Waals surface area contributed by atoms with Crippen LogP contribution in [0.5, 0.6) is 5.75 Å². The van der Waals surface area contributed by atoms with Crippen LogP contribution in [-0.2, 0) is 11.3 Å². The van der Waals surface area contributed by atoms with Gasteiger partial charge in [0.15, 0.2) is 0 Å². The summed E-state index contributed by atoms with van der Waals surface area (Å²) in [6.45, 7) is -0.0673. The number of anilines is 1. The van der Waals surface area contributed by atoms with Gasteiger partial charge in [0.1, 0.15) is 12.3 Å². The Morgan fingerprint density at radius 3 is 2.75 bits per heavy atom. The molecule has 1 aromatic heterocycles. The summed E-state index contributed by atoms with van der Waals surface area (Å²) >= 11 is 6.09. The average Bonchev–Trinajstić information content (AvgIpc) is 3.06. The molecule has 0 unspecified atom stereocenters. The highest BCUT2D eigenvalue weighted by Gasteiger charge is 2.11. The molecule has 0 atom stereocenters. The Morgan fingerprint density at radius 2 is 2.04 bits per heavy atom. The minimum Gasteiger partial charge on any atom is -0.497 e. The van der Waals surface area contributed by atoms with Crippen LogP contribution in [0.2, 0.25) is 5.02 Å². The second-order valence-electron chi connectivity index (χ2n) is 4.90. The molecular formula is C16H14ClN5O2. The molecule has 0 bridgehead atoms. The van der Waals surface area contributed by atoms with E-state index < -0.39 is 0 Å². The summed E-state index contributed by atoms with van der Waals surface area (Å²) < 4.78 is 5.07. The van der Waals surface area contributed by atoms with Crippen LogP contribution in [0.4, 0.5) is 5.69 Å². The Labute approximate surface area is 143 Å². The smallest absolute Gasteiger partial charge is 0.248 e. The molecule has 7 nitrogen and oxygen atoms in total. The van der Waals surface area contributed by atoms with E-state index in [-0.39, 0.29) is 12.5 Å². The number of amides is 1. The van der Waals surface area contributed by atoms with Crippen molar-refractivity contribution in [2.75, 3.05) is 12.4 Å². The zero-order valence-electron chi connectivity index (χ0n) is 12.8. The van der Waals surface area contributed by atoms with Crippen molar-refractivity contribution in [2.24, 2.45) is 0 Å². The number of tetrazole rings is 1. The molecule has 0 aliphatic heterocycles. The van der Waals surface area contributed by atoms with Crippen molar-refractivity contribution in [1.29, 1.82) is 0 Å². The largest absolute Gasteiger partial charge is 0.497 e. The van der Waals surface area contributed by atoms with Crippen molar-refractivity contribution in [3.05, 3.63) is 53.6 Å². The number of carbonyl (C=O) groups is 1. The fraction of sp³-hybridized carbons (Fsp3) is 0.125. The van der Waals surface area contributed by atoms with Gasteiger partial charge in [-0.1, -0.05) is 41.9 Å². The van der Waals surface area contributed by atoms with Crippen molar-refractivity contribution in [2.45, 2.75) is 6.54 Å². The number of nitrogens with zero attached hydrogens (tertiary/aromatic N) is 4. The number of hydrogen-bond donors (Lipinski definition) is 1. The van der Waals surface area contributed by atoms with E-state index in [2.05, 4.69) is 20.7 Å². The average molecular weight is 344 g/mol. The molecule has 0 spiro atoms. The summed E-state index contributed by atoms with van der Waals surface area (Å²) in [6, 6.07) is 14.4. The van der Waals surface area contributed by atoms with Gasteiger partial charge in [0.05, 0.1) is 17.8 Å². The number of carbonyl (C=O) groups excluding carboxylic acids is 1. The molecule has 0 fully saturated rings. The number of halogens is 1. The second kappa shape index (κ2) is 7.10. The monoisotopic (exact) mass is 343 g/mol. The summed E-state index contributed by atoms with van der Waals surface area (Å²) in [7, 11) is 1.55. The lowest BCUT2D eigenvalue weighted by molar-refractivity contribution is -0.117. The second-order valence-corrected chi connectivity index (χ2v) is 5.31. The first-order valence-electron chi connectivity index (χ1n) is 7.12. The van der Waals surface area contributed by atoms with Gasteiger partial charge in [0, 0.05) is 11.6 Å². The van der Waals surface area contributed by atoms with Gasteiger partial charge >= 0.3 is 0 Å². The fourth-order valence-electron chi connectivity index (χ4n) is 2.06. The molecule has 122 valence electrons. The number of hydrogen-bond acceptors (Lipinski definition) is 5. The Hall–Kier alpha value is -2.93. The lowest BCUT2D eigenvalue weighted by atomic mass is 10.2. The van der Waals surface area contributed by atoms with E-state index >= 15 is 0 Å². The van der Waals surface area contributed by atoms with Crippen molar-refractivity contribution in [1.82, 2.24) is 20.2 Å². The van der Waals surface area contributed by atoms with Crippen LogP contribution in [0.15, 0.2) is 48.5 Å². The molecule has 0 aliphatic rings. The van der Waals surface area contributed by atoms with Crippen LogP contribution < -0.4 is 10.1 Å². The van der Waals surface area contributed by atoms with Gasteiger partial charge in [-0.15, -0.1) is 10.2 Å². The van der Waals surface area contributed by atoms with Gasteiger partial charge in [0.25, 0.3) is 0 Å². The lowest BCUT2D eigenvalue weighted by Gasteiger charge is -2.08. The first-order valence-corrected chi connectivity index (χ1v) is 7.50. The third-order valence-corrected chi connectivity index (χ3v) is 3.53. The third kappa shape index (κ3) is 3.69. The molecule has 3 rings (SSSR count). The molecule has 1 amide bonds. The van der Waals surface area contributed by atoms with Gasteiger partial charge in [-0.3, -0.25) is 4.79 Å². The standard InChI is InChI=1S/C16H14ClN5O2/c1-24-12-7-8-14(13(17)9-12)18-15(23)10-22-20-16(19-21-22)11-5-3-2-4-6-11/h2-9H,10H2,1H3,(H,18,23). The minimum absolute atomic E-state index is 0.0673. The summed E-state index contributed by atoms with van der Waals surface area (Å²) in [5, 5.41) is 15.1. The summed E-state index contributed by atoms with van der Waals surface area (Å²) in [6.07, 6.45) is 0. The van der Waals surface area contributed by atoms with Crippen LogP contribution >= 0.6 is 11.6 Å². The quantitative estimate of drug-likeness (QED) is 0.770. The van der Waals surface area contributed by atoms with Gasteiger partial charge in [-0.2, -0.15) is 4.80 Å².